The summed E-state index contributed by atoms with van der Waals surface area (Å²) < 4.78 is 36.6. The van der Waals surface area contributed by atoms with Crippen molar-refractivity contribution in [3.63, 3.8) is 0 Å². The van der Waals surface area contributed by atoms with Gasteiger partial charge in [0.2, 0.25) is 0 Å². The van der Waals surface area contributed by atoms with E-state index in [1.807, 2.05) is 0 Å². The molecule has 0 saturated heterocycles. The van der Waals surface area contributed by atoms with Crippen molar-refractivity contribution in [1.82, 2.24) is 5.32 Å². The Morgan fingerprint density at radius 1 is 1.29 bits per heavy atom. The van der Waals surface area contributed by atoms with Crippen LogP contribution in [-0.4, -0.2) is 24.4 Å². The van der Waals surface area contributed by atoms with Crippen LogP contribution in [0.3, 0.4) is 0 Å². The minimum Gasteiger partial charge on any atom is -0.352 e. The molecule has 1 heterocycles. The van der Waals surface area contributed by atoms with E-state index < -0.39 is 23.4 Å². The number of rotatable bonds is 1. The van der Waals surface area contributed by atoms with Crippen LogP contribution in [0.2, 0.25) is 0 Å². The quantitative estimate of drug-likeness (QED) is 0.763. The van der Waals surface area contributed by atoms with E-state index in [1.54, 1.807) is 0 Å². The van der Waals surface area contributed by atoms with Gasteiger partial charge in [-0.1, -0.05) is 12.1 Å². The van der Waals surface area contributed by atoms with Crippen molar-refractivity contribution in [3.05, 3.63) is 34.9 Å². The van der Waals surface area contributed by atoms with Gasteiger partial charge in [0.15, 0.2) is 0 Å². The van der Waals surface area contributed by atoms with E-state index in [0.717, 1.165) is 12.1 Å². The number of halogens is 3. The molecule has 1 aliphatic heterocycles. The molecule has 1 aromatic rings. The Hall–Kier alpha value is -1.85. The zero-order chi connectivity index (χ0) is 12.6. The molecular formula is C11H8F3NO2. The molecule has 1 amide bonds. The van der Waals surface area contributed by atoms with Gasteiger partial charge in [-0.3, -0.25) is 9.59 Å². The van der Waals surface area contributed by atoms with E-state index >= 15 is 0 Å². The number of fused-ring (bicyclic) bond motifs is 1. The van der Waals surface area contributed by atoms with Crippen molar-refractivity contribution >= 4 is 11.7 Å². The van der Waals surface area contributed by atoms with E-state index in [0.29, 0.717) is 18.5 Å². The molecule has 0 aliphatic carbocycles. The molecule has 0 radical (unpaired) electrons. The summed E-state index contributed by atoms with van der Waals surface area (Å²) in [6.07, 6.45) is -4.36. The van der Waals surface area contributed by atoms with Crippen molar-refractivity contribution in [1.29, 1.82) is 0 Å². The number of benzene rings is 1. The van der Waals surface area contributed by atoms with Gasteiger partial charge in [-0.15, -0.1) is 0 Å². The van der Waals surface area contributed by atoms with Crippen molar-refractivity contribution in [3.8, 4) is 0 Å². The highest BCUT2D eigenvalue weighted by Gasteiger charge is 2.39. The predicted octanol–water partition coefficient (Wildman–Crippen LogP) is 1.72. The summed E-state index contributed by atoms with van der Waals surface area (Å²) in [6, 6.07) is 3.50. The number of amides is 1. The standard InChI is InChI=1S/C11H8F3NO2/c12-11(13,14)9(16)7-2-1-6-3-4-15-10(17)8(6)5-7/h1-2,5H,3-4H2,(H,15,17). The number of Topliss-reactive ketones (excluding diaryl/α,β-unsaturated/α-hetero) is 1. The number of nitrogens with one attached hydrogen (secondary N) is 1. The van der Waals surface area contributed by atoms with E-state index in [4.69, 9.17) is 0 Å². The highest BCUT2D eigenvalue weighted by atomic mass is 19.4. The lowest BCUT2D eigenvalue weighted by Crippen LogP contribution is -2.32. The van der Waals surface area contributed by atoms with Crippen LogP contribution in [0.15, 0.2) is 18.2 Å². The Kier molecular flexibility index (Phi) is 2.65. The Balaban J connectivity index is 2.43. The van der Waals surface area contributed by atoms with Gasteiger partial charge in [0.25, 0.3) is 11.7 Å². The third kappa shape index (κ3) is 2.15. The second-order valence-corrected chi connectivity index (χ2v) is 3.70. The summed E-state index contributed by atoms with van der Waals surface area (Å²) in [7, 11) is 0. The highest BCUT2D eigenvalue weighted by molar-refractivity contribution is 6.04. The number of ketones is 1. The van der Waals surface area contributed by atoms with Crippen LogP contribution in [0.25, 0.3) is 0 Å². The molecule has 0 unspecified atom stereocenters. The van der Waals surface area contributed by atoms with Gasteiger partial charge in [-0.2, -0.15) is 13.2 Å². The summed E-state index contributed by atoms with van der Waals surface area (Å²) in [5, 5.41) is 2.51. The van der Waals surface area contributed by atoms with Crippen LogP contribution in [0.1, 0.15) is 26.3 Å². The first-order valence-corrected chi connectivity index (χ1v) is 4.92. The van der Waals surface area contributed by atoms with E-state index in [-0.39, 0.29) is 5.56 Å². The molecule has 2 rings (SSSR count). The molecule has 17 heavy (non-hydrogen) atoms. The molecule has 0 fully saturated rings. The third-order valence-electron chi connectivity index (χ3n) is 2.55. The largest absolute Gasteiger partial charge is 0.454 e. The molecule has 0 spiro atoms. The molecule has 0 bridgehead atoms. The summed E-state index contributed by atoms with van der Waals surface area (Å²) in [5.74, 6) is -2.37. The maximum Gasteiger partial charge on any atom is 0.454 e. The summed E-state index contributed by atoms with van der Waals surface area (Å²) in [6.45, 7) is 0.457. The molecule has 0 saturated carbocycles. The highest BCUT2D eigenvalue weighted by Crippen LogP contribution is 2.24. The predicted molar refractivity (Wildman–Crippen MR) is 52.9 cm³/mol. The number of alkyl halides is 3. The lowest BCUT2D eigenvalue weighted by atomic mass is 9.96. The Bertz CT molecular complexity index is 494. The van der Waals surface area contributed by atoms with E-state index in [2.05, 4.69) is 5.32 Å². The van der Waals surface area contributed by atoms with Crippen LogP contribution >= 0.6 is 0 Å². The Labute approximate surface area is 94.6 Å². The van der Waals surface area contributed by atoms with Crippen LogP contribution in [0, 0.1) is 0 Å². The first-order valence-electron chi connectivity index (χ1n) is 4.92. The first-order chi connectivity index (χ1) is 7.89. The molecular weight excluding hydrogens is 235 g/mol. The van der Waals surface area contributed by atoms with Gasteiger partial charge in [-0.05, 0) is 18.1 Å². The van der Waals surface area contributed by atoms with Crippen molar-refractivity contribution in [2.75, 3.05) is 6.54 Å². The Morgan fingerprint density at radius 2 is 2.00 bits per heavy atom. The zero-order valence-electron chi connectivity index (χ0n) is 8.60. The zero-order valence-corrected chi connectivity index (χ0v) is 8.60. The first kappa shape index (κ1) is 11.6. The summed E-state index contributed by atoms with van der Waals surface area (Å²) in [5.41, 5.74) is 0.298. The number of carbonyl (C=O) groups excluding carboxylic acids is 2. The van der Waals surface area contributed by atoms with Crippen LogP contribution in [-0.2, 0) is 6.42 Å². The van der Waals surface area contributed by atoms with Gasteiger partial charge in [0.1, 0.15) is 0 Å². The molecule has 1 aromatic carbocycles. The average molecular weight is 243 g/mol. The molecule has 90 valence electrons. The summed E-state index contributed by atoms with van der Waals surface area (Å²) >= 11 is 0. The maximum absolute atomic E-state index is 12.2. The lowest BCUT2D eigenvalue weighted by molar-refractivity contribution is -0.0885. The molecule has 0 atom stereocenters. The third-order valence-corrected chi connectivity index (χ3v) is 2.55. The monoisotopic (exact) mass is 243 g/mol. The molecule has 6 heteroatoms. The Morgan fingerprint density at radius 3 is 2.65 bits per heavy atom. The second-order valence-electron chi connectivity index (χ2n) is 3.70. The lowest BCUT2D eigenvalue weighted by Gasteiger charge is -2.17. The molecule has 0 aromatic heterocycles. The minimum atomic E-state index is -4.92. The van der Waals surface area contributed by atoms with E-state index in [9.17, 15) is 22.8 Å². The molecule has 3 nitrogen and oxygen atoms in total. The maximum atomic E-state index is 12.2. The topological polar surface area (TPSA) is 46.2 Å². The van der Waals surface area contributed by atoms with Crippen LogP contribution in [0.4, 0.5) is 13.2 Å². The van der Waals surface area contributed by atoms with Gasteiger partial charge < -0.3 is 5.32 Å². The van der Waals surface area contributed by atoms with Crippen molar-refractivity contribution < 1.29 is 22.8 Å². The second kappa shape index (κ2) is 3.87. The number of hydrogen-bond donors (Lipinski definition) is 1. The van der Waals surface area contributed by atoms with Gasteiger partial charge in [-0.25, -0.2) is 0 Å². The fraction of sp³-hybridized carbons (Fsp3) is 0.273. The molecule has 1 aliphatic rings. The van der Waals surface area contributed by atoms with Crippen molar-refractivity contribution in [2.24, 2.45) is 0 Å². The van der Waals surface area contributed by atoms with E-state index in [1.165, 1.54) is 6.07 Å². The van der Waals surface area contributed by atoms with Gasteiger partial charge in [0, 0.05) is 17.7 Å². The van der Waals surface area contributed by atoms with Crippen LogP contribution < -0.4 is 5.32 Å². The number of carbonyl (C=O) groups is 2. The summed E-state index contributed by atoms with van der Waals surface area (Å²) in [4.78, 5) is 22.4. The minimum absolute atomic E-state index is 0.145. The normalized spacial score (nSPS) is 15.1. The van der Waals surface area contributed by atoms with Gasteiger partial charge >= 0.3 is 6.18 Å². The molecule has 1 N–H and O–H groups in total. The van der Waals surface area contributed by atoms with Crippen molar-refractivity contribution in [2.45, 2.75) is 12.6 Å². The van der Waals surface area contributed by atoms with Crippen LogP contribution in [0.5, 0.6) is 0 Å². The fourth-order valence-electron chi connectivity index (χ4n) is 1.72. The number of hydrogen-bond acceptors (Lipinski definition) is 2. The average Bonchev–Trinajstić information content (AvgIpc) is 2.27. The van der Waals surface area contributed by atoms with Gasteiger partial charge in [0.05, 0.1) is 0 Å². The smallest absolute Gasteiger partial charge is 0.352 e. The SMILES string of the molecule is O=C1NCCc2ccc(C(=O)C(F)(F)F)cc21. The fourth-order valence-corrected chi connectivity index (χ4v) is 1.72.